The first-order chi connectivity index (χ1) is 20.0. The number of phenolic OH excluding ortho intramolecular Hbond substituents is 2. The summed E-state index contributed by atoms with van der Waals surface area (Å²) in [6.45, 7) is 21.7. The van der Waals surface area contributed by atoms with Gasteiger partial charge in [0.05, 0.1) is 12.1 Å². The Balaban J connectivity index is 0. The van der Waals surface area contributed by atoms with E-state index in [1.807, 2.05) is 38.4 Å². The molecule has 44 heavy (non-hydrogen) atoms. The monoisotopic (exact) mass is 712 g/mol. The van der Waals surface area contributed by atoms with Crippen LogP contribution >= 0.6 is 0 Å². The van der Waals surface area contributed by atoms with Gasteiger partial charge in [-0.2, -0.15) is 0 Å². The molecule has 1 aliphatic rings. The number of nitrogens with zero attached hydrogens (tertiary/aromatic N) is 2. The van der Waals surface area contributed by atoms with Crippen LogP contribution < -0.4 is 15.3 Å². The molecule has 1 fully saturated rings. The summed E-state index contributed by atoms with van der Waals surface area (Å²) in [4.78, 5) is 9.82. The van der Waals surface area contributed by atoms with Crippen molar-refractivity contribution in [3.8, 4) is 11.5 Å². The van der Waals surface area contributed by atoms with E-state index in [2.05, 4.69) is 53.7 Å². The molecule has 2 aromatic rings. The summed E-state index contributed by atoms with van der Waals surface area (Å²) in [5, 5.41) is 48.1. The average molecular weight is 713 g/mol. The van der Waals surface area contributed by atoms with Gasteiger partial charge in [0.25, 0.3) is 0 Å². The molecule has 0 amide bonds. The van der Waals surface area contributed by atoms with Gasteiger partial charge in [0.15, 0.2) is 0 Å². The second-order valence-electron chi connectivity index (χ2n) is 12.8. The van der Waals surface area contributed by atoms with E-state index in [0.29, 0.717) is 11.5 Å². The van der Waals surface area contributed by atoms with Gasteiger partial charge in [-0.25, -0.2) is 0 Å². The van der Waals surface area contributed by atoms with Gasteiger partial charge in [0.2, 0.25) is 0 Å². The second kappa shape index (κ2) is 21.8. The topological polar surface area (TPSA) is 134 Å². The molecule has 2 aromatic carbocycles. The summed E-state index contributed by atoms with van der Waals surface area (Å²) in [5.74, 6) is 0.596. The summed E-state index contributed by atoms with van der Waals surface area (Å²) in [7, 11) is 0. The maximum Gasteiger partial charge on any atom is 3.00 e. The molecule has 0 radical (unpaired) electrons. The molecule has 0 aliphatic heterocycles. The Morgan fingerprint density at radius 2 is 0.932 bits per heavy atom. The molecule has 0 heterocycles. The van der Waals surface area contributed by atoms with Crippen molar-refractivity contribution in [3.63, 3.8) is 0 Å². The molecule has 1 saturated carbocycles. The predicted octanol–water partition coefficient (Wildman–Crippen LogP) is 4.88. The van der Waals surface area contributed by atoms with Crippen LogP contribution in [0, 0.1) is 13.8 Å². The smallest absolute Gasteiger partial charge is 0.855 e. The van der Waals surface area contributed by atoms with Crippen molar-refractivity contribution < 1.29 is 25.5 Å². The molecule has 0 spiro atoms. The molecule has 7 nitrogen and oxygen atoms in total. The molecular formula is C36H57InN2O5. The van der Waals surface area contributed by atoms with Gasteiger partial charge in [0, 0.05) is 23.6 Å². The quantitative estimate of drug-likeness (QED) is 0.437. The Morgan fingerprint density at radius 3 is 1.18 bits per heavy atom. The molecule has 2 atom stereocenters. The van der Waals surface area contributed by atoms with Gasteiger partial charge >= 0.3 is 25.8 Å². The fraction of sp³-hybridized carbons (Fsp3) is 0.611. The molecular weight excluding hydrogens is 655 g/mol. The Kier molecular flexibility index (Phi) is 21.9. The number of hydrogen-bond donors (Lipinski definition) is 2. The minimum atomic E-state index is 0. The molecule has 3 rings (SSSR count). The van der Waals surface area contributed by atoms with Gasteiger partial charge in [-0.15, -0.1) is 19.8 Å². The van der Waals surface area contributed by atoms with Crippen LogP contribution in [0.25, 0.3) is 0 Å². The first kappa shape index (κ1) is 44.3. The summed E-state index contributed by atoms with van der Waals surface area (Å²) in [5.41, 5.74) is 5.65. The van der Waals surface area contributed by atoms with Crippen molar-refractivity contribution in [3.05, 3.63) is 57.6 Å². The van der Waals surface area contributed by atoms with Gasteiger partial charge < -0.3 is 25.5 Å². The van der Waals surface area contributed by atoms with E-state index < -0.39 is 0 Å². The Bertz CT molecular complexity index is 1060. The molecule has 0 saturated heterocycles. The van der Waals surface area contributed by atoms with E-state index in [1.165, 1.54) is 11.1 Å². The van der Waals surface area contributed by atoms with E-state index >= 15 is 0 Å². The van der Waals surface area contributed by atoms with Crippen LogP contribution in [0.2, 0.25) is 0 Å². The number of rotatable bonds is 4. The molecule has 8 heteroatoms. The fourth-order valence-electron chi connectivity index (χ4n) is 4.47. The van der Waals surface area contributed by atoms with Crippen LogP contribution in [0.4, 0.5) is 0 Å². The summed E-state index contributed by atoms with van der Waals surface area (Å²) in [6.07, 6.45) is 7.88. The predicted molar refractivity (Wildman–Crippen MR) is 182 cm³/mol. The van der Waals surface area contributed by atoms with E-state index in [1.54, 1.807) is 20.8 Å². The van der Waals surface area contributed by atoms with Crippen LogP contribution in [0.5, 0.6) is 11.5 Å². The van der Waals surface area contributed by atoms with Crippen LogP contribution in [-0.2, 0) is 10.8 Å². The number of aryl methyl sites for hydroxylation is 2. The summed E-state index contributed by atoms with van der Waals surface area (Å²) < 4.78 is 0. The minimum Gasteiger partial charge on any atom is -0.855 e. The van der Waals surface area contributed by atoms with Crippen molar-refractivity contribution >= 4 is 38.3 Å². The fourth-order valence-corrected chi connectivity index (χ4v) is 4.47. The molecule has 244 valence electrons. The Labute approximate surface area is 286 Å². The first-order valence-electron chi connectivity index (χ1n) is 15.5. The van der Waals surface area contributed by atoms with Crippen molar-refractivity contribution in [2.24, 2.45) is 9.98 Å². The van der Waals surface area contributed by atoms with Crippen molar-refractivity contribution in [2.45, 2.75) is 125 Å². The Hall–Kier alpha value is -1.87. The van der Waals surface area contributed by atoms with E-state index in [9.17, 15) is 10.2 Å². The third-order valence-corrected chi connectivity index (χ3v) is 6.90. The molecule has 2 N–H and O–H groups in total. The number of aliphatic imine (C=N–C) groups is 2. The normalized spacial score (nSPS) is 16.6. The molecule has 0 unspecified atom stereocenters. The van der Waals surface area contributed by atoms with Gasteiger partial charge in [-0.1, -0.05) is 87.3 Å². The first-order valence-corrected chi connectivity index (χ1v) is 15.5. The third-order valence-electron chi connectivity index (χ3n) is 6.90. The van der Waals surface area contributed by atoms with Crippen molar-refractivity contribution in [2.75, 3.05) is 19.8 Å². The maximum atomic E-state index is 10.6. The molecule has 1 aliphatic carbocycles. The largest absolute Gasteiger partial charge is 3.00 e. The van der Waals surface area contributed by atoms with Crippen molar-refractivity contribution in [1.29, 1.82) is 0 Å². The van der Waals surface area contributed by atoms with E-state index in [-0.39, 0.29) is 68.6 Å². The van der Waals surface area contributed by atoms with Crippen LogP contribution in [-0.4, -0.2) is 80.4 Å². The zero-order valence-corrected chi connectivity index (χ0v) is 32.5. The number of phenols is 2. The minimum absolute atomic E-state index is 0. The van der Waals surface area contributed by atoms with Crippen LogP contribution in [0.3, 0.4) is 0 Å². The van der Waals surface area contributed by atoms with Crippen LogP contribution in [0.1, 0.15) is 121 Å². The van der Waals surface area contributed by atoms with Gasteiger partial charge in [-0.05, 0) is 71.9 Å². The molecule has 0 bridgehead atoms. The average Bonchev–Trinajstić information content (AvgIpc) is 2.91. The zero-order valence-electron chi connectivity index (χ0n) is 29.2. The zero-order chi connectivity index (χ0) is 33.4. The van der Waals surface area contributed by atoms with Gasteiger partial charge in [0.1, 0.15) is 11.5 Å². The standard InChI is InChI=1S/C30H42N2O2.3C2H5O.In/c1-19-13-23(29(3,4)5)15-21(27(19)33)17-31-25-11-9-10-12-26(25)32-18-22-16-24(30(6,7)8)14-20(2)28(22)34;3*1-2-3;/h13-18,25-26,33-34H,9-12H2,1-8H3;3*2H2,1H3;/q;3*-1;+3/t25-,26-;;;;/m1..../s1. The van der Waals surface area contributed by atoms with Gasteiger partial charge in [-0.3, -0.25) is 9.98 Å². The third kappa shape index (κ3) is 15.4. The van der Waals surface area contributed by atoms with Crippen molar-refractivity contribution in [1.82, 2.24) is 0 Å². The second-order valence-corrected chi connectivity index (χ2v) is 12.8. The number of aromatic hydroxyl groups is 2. The van der Waals surface area contributed by atoms with E-state index in [0.717, 1.165) is 47.9 Å². The number of hydrogen-bond acceptors (Lipinski definition) is 7. The Morgan fingerprint density at radius 1 is 0.659 bits per heavy atom. The van der Waals surface area contributed by atoms with E-state index in [4.69, 9.17) is 25.3 Å². The summed E-state index contributed by atoms with van der Waals surface area (Å²) in [6, 6.07) is 8.34. The summed E-state index contributed by atoms with van der Waals surface area (Å²) >= 11 is 0. The molecule has 0 aromatic heterocycles. The number of benzene rings is 2. The maximum absolute atomic E-state index is 10.6. The SMILES string of the molecule is CC[O-].CC[O-].CC[O-].Cc1cc(C(C)(C)C)cc(C=N[C@@H]2CCCC[C@H]2N=Cc2cc(C(C)(C)C)cc(C)c2O)c1O.[In+3]. The van der Waals surface area contributed by atoms with Crippen LogP contribution in [0.15, 0.2) is 34.3 Å².